The highest BCUT2D eigenvalue weighted by Crippen LogP contribution is 2.20. The number of methoxy groups -OCH3 is 1. The maximum absolute atomic E-state index is 5.82. The van der Waals surface area contributed by atoms with E-state index in [2.05, 4.69) is 0 Å². The van der Waals surface area contributed by atoms with Gasteiger partial charge in [-0.2, -0.15) is 0 Å². The molecule has 0 saturated carbocycles. The SMILES string of the molecule is COc1ccc(C=CCCN)c(N)c1. The zero-order valence-electron chi connectivity index (χ0n) is 8.36. The molecule has 0 atom stereocenters. The van der Waals surface area contributed by atoms with Crippen LogP contribution in [0.5, 0.6) is 5.75 Å². The van der Waals surface area contributed by atoms with E-state index >= 15 is 0 Å². The highest BCUT2D eigenvalue weighted by molar-refractivity contribution is 5.66. The lowest BCUT2D eigenvalue weighted by Crippen LogP contribution is -1.95. The Morgan fingerprint density at radius 2 is 2.21 bits per heavy atom. The first-order chi connectivity index (χ1) is 6.77. The number of anilines is 1. The quantitative estimate of drug-likeness (QED) is 0.713. The maximum atomic E-state index is 5.82. The average Bonchev–Trinajstić information content (AvgIpc) is 2.20. The second-order valence-electron chi connectivity index (χ2n) is 2.97. The number of nitrogen functional groups attached to an aromatic ring is 1. The molecule has 0 aromatic heterocycles. The Morgan fingerprint density at radius 3 is 2.79 bits per heavy atom. The van der Waals surface area contributed by atoms with Crippen molar-refractivity contribution in [1.29, 1.82) is 0 Å². The second kappa shape index (κ2) is 5.29. The van der Waals surface area contributed by atoms with Crippen molar-refractivity contribution in [2.75, 3.05) is 19.4 Å². The van der Waals surface area contributed by atoms with E-state index in [4.69, 9.17) is 16.2 Å². The third kappa shape index (κ3) is 2.78. The van der Waals surface area contributed by atoms with Crippen molar-refractivity contribution in [2.45, 2.75) is 6.42 Å². The summed E-state index contributed by atoms with van der Waals surface area (Å²) < 4.78 is 5.05. The summed E-state index contributed by atoms with van der Waals surface area (Å²) in [6.45, 7) is 0.659. The summed E-state index contributed by atoms with van der Waals surface area (Å²) in [5, 5.41) is 0. The molecule has 0 fully saturated rings. The van der Waals surface area contributed by atoms with Gasteiger partial charge >= 0.3 is 0 Å². The summed E-state index contributed by atoms with van der Waals surface area (Å²) in [5.74, 6) is 0.776. The summed E-state index contributed by atoms with van der Waals surface area (Å²) >= 11 is 0. The van der Waals surface area contributed by atoms with E-state index in [0.29, 0.717) is 6.54 Å². The van der Waals surface area contributed by atoms with E-state index in [1.54, 1.807) is 7.11 Å². The van der Waals surface area contributed by atoms with Crippen molar-refractivity contribution in [2.24, 2.45) is 5.73 Å². The first-order valence-electron chi connectivity index (χ1n) is 4.58. The zero-order valence-corrected chi connectivity index (χ0v) is 8.36. The number of ether oxygens (including phenoxy) is 1. The van der Waals surface area contributed by atoms with Crippen LogP contribution < -0.4 is 16.2 Å². The minimum atomic E-state index is 0.659. The molecule has 0 bridgehead atoms. The lowest BCUT2D eigenvalue weighted by molar-refractivity contribution is 0.415. The highest BCUT2D eigenvalue weighted by Gasteiger charge is 1.96. The van der Waals surface area contributed by atoms with Crippen LogP contribution in [-0.2, 0) is 0 Å². The van der Waals surface area contributed by atoms with E-state index in [9.17, 15) is 0 Å². The smallest absolute Gasteiger partial charge is 0.120 e. The van der Waals surface area contributed by atoms with Gasteiger partial charge in [0.1, 0.15) is 5.75 Å². The van der Waals surface area contributed by atoms with Crippen LogP contribution in [0.4, 0.5) is 5.69 Å². The van der Waals surface area contributed by atoms with Gasteiger partial charge in [0.2, 0.25) is 0 Å². The average molecular weight is 192 g/mol. The van der Waals surface area contributed by atoms with Crippen LogP contribution >= 0.6 is 0 Å². The van der Waals surface area contributed by atoms with E-state index < -0.39 is 0 Å². The van der Waals surface area contributed by atoms with Gasteiger partial charge in [-0.3, -0.25) is 0 Å². The van der Waals surface area contributed by atoms with Crippen LogP contribution in [0.2, 0.25) is 0 Å². The van der Waals surface area contributed by atoms with Crippen LogP contribution in [-0.4, -0.2) is 13.7 Å². The van der Waals surface area contributed by atoms with Crippen LogP contribution in [0.1, 0.15) is 12.0 Å². The first kappa shape index (κ1) is 10.6. The summed E-state index contributed by atoms with van der Waals surface area (Å²) in [4.78, 5) is 0. The van der Waals surface area contributed by atoms with Gasteiger partial charge in [-0.15, -0.1) is 0 Å². The van der Waals surface area contributed by atoms with Gasteiger partial charge in [-0.05, 0) is 30.7 Å². The van der Waals surface area contributed by atoms with Crippen molar-refractivity contribution in [3.05, 3.63) is 29.8 Å². The molecule has 0 amide bonds. The number of benzene rings is 1. The third-order valence-corrected chi connectivity index (χ3v) is 1.92. The van der Waals surface area contributed by atoms with Gasteiger partial charge in [-0.25, -0.2) is 0 Å². The summed E-state index contributed by atoms with van der Waals surface area (Å²) in [6, 6.07) is 5.63. The second-order valence-corrected chi connectivity index (χ2v) is 2.97. The third-order valence-electron chi connectivity index (χ3n) is 1.92. The van der Waals surface area contributed by atoms with Crippen molar-refractivity contribution >= 4 is 11.8 Å². The van der Waals surface area contributed by atoms with Gasteiger partial charge in [-0.1, -0.05) is 12.2 Å². The molecule has 0 aliphatic carbocycles. The predicted octanol–water partition coefficient (Wildman–Crippen LogP) is 1.64. The van der Waals surface area contributed by atoms with E-state index in [1.807, 2.05) is 30.4 Å². The highest BCUT2D eigenvalue weighted by atomic mass is 16.5. The molecule has 4 N–H and O–H groups in total. The van der Waals surface area contributed by atoms with Gasteiger partial charge < -0.3 is 16.2 Å². The molecule has 3 heteroatoms. The molecule has 1 rings (SSSR count). The fourth-order valence-electron chi connectivity index (χ4n) is 1.14. The molecular weight excluding hydrogens is 176 g/mol. The topological polar surface area (TPSA) is 61.3 Å². The van der Waals surface area contributed by atoms with Crippen LogP contribution in [0, 0.1) is 0 Å². The van der Waals surface area contributed by atoms with Crippen molar-refractivity contribution in [3.63, 3.8) is 0 Å². The molecular formula is C11H16N2O. The van der Waals surface area contributed by atoms with E-state index in [-0.39, 0.29) is 0 Å². The maximum Gasteiger partial charge on any atom is 0.120 e. The molecule has 1 aromatic carbocycles. The van der Waals surface area contributed by atoms with Crippen molar-refractivity contribution < 1.29 is 4.74 Å². The molecule has 3 nitrogen and oxygen atoms in total. The van der Waals surface area contributed by atoms with Crippen molar-refractivity contribution in [1.82, 2.24) is 0 Å². The summed E-state index contributed by atoms with van der Waals surface area (Å²) in [6.07, 6.45) is 4.85. The Hall–Kier alpha value is -1.48. The Balaban J connectivity index is 2.78. The number of rotatable bonds is 4. The van der Waals surface area contributed by atoms with Gasteiger partial charge in [0.15, 0.2) is 0 Å². The van der Waals surface area contributed by atoms with Crippen LogP contribution in [0.15, 0.2) is 24.3 Å². The number of nitrogens with two attached hydrogens (primary N) is 2. The number of hydrogen-bond donors (Lipinski definition) is 2. The van der Waals surface area contributed by atoms with E-state index in [1.165, 1.54) is 0 Å². The lowest BCUT2D eigenvalue weighted by atomic mass is 10.1. The molecule has 0 radical (unpaired) electrons. The number of hydrogen-bond acceptors (Lipinski definition) is 3. The molecule has 76 valence electrons. The van der Waals surface area contributed by atoms with Crippen molar-refractivity contribution in [3.8, 4) is 5.75 Å². The largest absolute Gasteiger partial charge is 0.497 e. The molecule has 0 spiro atoms. The Labute approximate surface area is 84.4 Å². The van der Waals surface area contributed by atoms with Crippen LogP contribution in [0.3, 0.4) is 0 Å². The Morgan fingerprint density at radius 1 is 1.43 bits per heavy atom. The standard InChI is InChI=1S/C11H16N2O/c1-14-10-6-5-9(11(13)8-10)4-2-3-7-12/h2,4-6,8H,3,7,12-13H2,1H3. The molecule has 0 aliphatic heterocycles. The van der Waals surface area contributed by atoms with Crippen LogP contribution in [0.25, 0.3) is 6.08 Å². The van der Waals surface area contributed by atoms with Gasteiger partial charge in [0, 0.05) is 11.8 Å². The van der Waals surface area contributed by atoms with Gasteiger partial charge in [0.05, 0.1) is 7.11 Å². The molecule has 0 unspecified atom stereocenters. The Kier molecular flexibility index (Phi) is 4.01. The molecule has 0 heterocycles. The molecule has 0 aliphatic rings. The molecule has 14 heavy (non-hydrogen) atoms. The molecule has 1 aromatic rings. The van der Waals surface area contributed by atoms with Gasteiger partial charge in [0.25, 0.3) is 0 Å². The zero-order chi connectivity index (χ0) is 10.4. The fourth-order valence-corrected chi connectivity index (χ4v) is 1.14. The first-order valence-corrected chi connectivity index (χ1v) is 4.58. The minimum Gasteiger partial charge on any atom is -0.497 e. The normalized spacial score (nSPS) is 10.7. The minimum absolute atomic E-state index is 0.659. The molecule has 0 saturated heterocycles. The summed E-state index contributed by atoms with van der Waals surface area (Å²) in [7, 11) is 1.62. The fraction of sp³-hybridized carbons (Fsp3) is 0.273. The van der Waals surface area contributed by atoms with E-state index in [0.717, 1.165) is 23.4 Å². The predicted molar refractivity (Wildman–Crippen MR) is 60.1 cm³/mol. The Bertz CT molecular complexity index is 321. The monoisotopic (exact) mass is 192 g/mol. The lowest BCUT2D eigenvalue weighted by Gasteiger charge is -2.03. The summed E-state index contributed by atoms with van der Waals surface area (Å²) in [5.41, 5.74) is 12.9.